The Bertz CT molecular complexity index is 1530. The fourth-order valence-corrected chi connectivity index (χ4v) is 10.2. The summed E-state index contributed by atoms with van der Waals surface area (Å²) in [5, 5.41) is 11.3. The third kappa shape index (κ3) is 8.64. The summed E-state index contributed by atoms with van der Waals surface area (Å²) in [6.07, 6.45) is 13.8. The summed E-state index contributed by atoms with van der Waals surface area (Å²) in [5.74, 6) is -0.495. The van der Waals surface area contributed by atoms with E-state index in [2.05, 4.69) is 33.8 Å². The Morgan fingerprint density at radius 3 is 2.16 bits per heavy atom. The molecule has 0 aromatic carbocycles. The summed E-state index contributed by atoms with van der Waals surface area (Å²) in [6, 6.07) is -3.67. The number of amides is 5. The van der Waals surface area contributed by atoms with Crippen molar-refractivity contribution in [1.82, 2.24) is 26.2 Å². The highest BCUT2D eigenvalue weighted by molar-refractivity contribution is 7.92. The fraction of sp³-hybridized carbons (Fsp3) is 0.763. The van der Waals surface area contributed by atoms with Gasteiger partial charge in [-0.25, -0.2) is 13.2 Å². The quantitative estimate of drug-likeness (QED) is 0.121. The Labute approximate surface area is 304 Å². The van der Waals surface area contributed by atoms with Crippen LogP contribution in [0.3, 0.4) is 0 Å². The molecule has 12 nitrogen and oxygen atoms in total. The van der Waals surface area contributed by atoms with Gasteiger partial charge in [0.1, 0.15) is 12.1 Å². The molecule has 4 fully saturated rings. The maximum absolute atomic E-state index is 14.8. The summed E-state index contributed by atoms with van der Waals surface area (Å²) in [7, 11) is -3.58. The zero-order valence-electron chi connectivity index (χ0n) is 31.4. The predicted octanol–water partition coefficient (Wildman–Crippen LogP) is 3.40. The van der Waals surface area contributed by atoms with E-state index in [1.54, 1.807) is 25.7 Å². The number of ketones is 1. The van der Waals surface area contributed by atoms with Crippen LogP contribution in [-0.2, 0) is 29.0 Å². The zero-order valence-corrected chi connectivity index (χ0v) is 32.2. The number of likely N-dealkylation sites (tertiary alicyclic amines) is 1. The first-order chi connectivity index (χ1) is 23.7. The number of nitrogens with zero attached hydrogens (tertiary/aromatic N) is 1. The van der Waals surface area contributed by atoms with Gasteiger partial charge in [-0.15, -0.1) is 18.9 Å². The summed E-state index contributed by atoms with van der Waals surface area (Å²) < 4.78 is 25.8. The Morgan fingerprint density at radius 2 is 1.59 bits per heavy atom. The lowest BCUT2D eigenvalue weighted by Gasteiger charge is -2.42. The van der Waals surface area contributed by atoms with Gasteiger partial charge < -0.3 is 26.2 Å². The van der Waals surface area contributed by atoms with E-state index in [9.17, 15) is 32.4 Å². The standard InChI is InChI=1S/C38H59N5O7S/c1-9-11-17-26(29(44)32(46)39-22-10-2)40-31(45)28-27-25(36(27,6)7)23-43(28)33(47)30(37(8)18-15-16-19-37)41-34(48)42-38(20-13-12-14-21-38)24-51(49,50)35(3,4)5/h1,10,25-28,30H,2,11-24H2,3-8H3,(H,39,46)(H,40,45)(H2,41,42,48)/t25-,26?,27-,28-,30+/m0/s1. The minimum atomic E-state index is -3.58. The second-order valence-corrected chi connectivity index (χ2v) is 19.9. The number of Topliss-reactive ketones (excluding diaryl/α,β-unsaturated/α-hetero) is 1. The highest BCUT2D eigenvalue weighted by Crippen LogP contribution is 2.65. The monoisotopic (exact) mass is 729 g/mol. The molecule has 3 saturated carbocycles. The topological polar surface area (TPSA) is 171 Å². The van der Waals surface area contributed by atoms with Gasteiger partial charge in [0.2, 0.25) is 17.6 Å². The number of rotatable bonds is 14. The van der Waals surface area contributed by atoms with Gasteiger partial charge in [0.05, 0.1) is 22.1 Å². The van der Waals surface area contributed by atoms with Crippen molar-refractivity contribution in [3.05, 3.63) is 12.7 Å². The summed E-state index contributed by atoms with van der Waals surface area (Å²) in [4.78, 5) is 70.1. The smallest absolute Gasteiger partial charge is 0.315 e. The number of sulfone groups is 1. The van der Waals surface area contributed by atoms with Gasteiger partial charge >= 0.3 is 6.03 Å². The molecule has 5 amide bonds. The average molecular weight is 730 g/mol. The molecule has 0 aromatic heterocycles. The van der Waals surface area contributed by atoms with Crippen LogP contribution in [0.2, 0.25) is 0 Å². The molecular weight excluding hydrogens is 671 g/mol. The predicted molar refractivity (Wildman–Crippen MR) is 196 cm³/mol. The van der Waals surface area contributed by atoms with E-state index >= 15 is 0 Å². The number of fused-ring (bicyclic) bond motifs is 1. The van der Waals surface area contributed by atoms with Crippen molar-refractivity contribution >= 4 is 39.4 Å². The average Bonchev–Trinajstić information content (AvgIpc) is 3.42. The van der Waals surface area contributed by atoms with E-state index in [-0.39, 0.29) is 48.3 Å². The van der Waals surface area contributed by atoms with E-state index in [1.165, 1.54) is 6.08 Å². The molecule has 284 valence electrons. The van der Waals surface area contributed by atoms with Crippen molar-refractivity contribution in [2.45, 2.75) is 141 Å². The first kappa shape index (κ1) is 40.4. The fourth-order valence-electron chi connectivity index (χ4n) is 8.67. The normalized spacial score (nSPS) is 25.7. The molecule has 0 spiro atoms. The van der Waals surface area contributed by atoms with Crippen LogP contribution in [0.1, 0.15) is 112 Å². The molecule has 1 unspecified atom stereocenters. The molecule has 0 radical (unpaired) electrons. The van der Waals surface area contributed by atoms with Crippen LogP contribution in [0.25, 0.3) is 0 Å². The highest BCUT2D eigenvalue weighted by Gasteiger charge is 2.70. The van der Waals surface area contributed by atoms with Crippen molar-refractivity contribution in [2.75, 3.05) is 18.8 Å². The van der Waals surface area contributed by atoms with Crippen molar-refractivity contribution in [3.8, 4) is 12.3 Å². The Morgan fingerprint density at radius 1 is 0.980 bits per heavy atom. The first-order valence-corrected chi connectivity index (χ1v) is 20.2. The van der Waals surface area contributed by atoms with Gasteiger partial charge in [-0.05, 0) is 75.5 Å². The summed E-state index contributed by atoms with van der Waals surface area (Å²) in [6.45, 7) is 15.0. The molecule has 1 heterocycles. The highest BCUT2D eigenvalue weighted by atomic mass is 32.2. The summed E-state index contributed by atoms with van der Waals surface area (Å²) >= 11 is 0. The second-order valence-electron chi connectivity index (χ2n) is 17.2. The molecule has 4 rings (SSSR count). The SMILES string of the molecule is C#CCCC(NC(=O)[C@@H]1[C@@H]2[C@H](CN1C(=O)[C@@H](NC(=O)NC1(CS(=O)(=O)C(C)(C)C)CCCCC1)C1(C)CCCC1)C2(C)C)C(=O)C(=O)NCC=C. The number of hydrogen-bond donors (Lipinski definition) is 4. The van der Waals surface area contributed by atoms with E-state index in [4.69, 9.17) is 6.42 Å². The number of urea groups is 1. The number of carbonyl (C=O) groups excluding carboxylic acids is 5. The Balaban J connectivity index is 1.60. The van der Waals surface area contributed by atoms with Crippen molar-refractivity contribution in [1.29, 1.82) is 0 Å². The van der Waals surface area contributed by atoms with Gasteiger partial charge in [0, 0.05) is 19.5 Å². The molecule has 4 aliphatic rings. The van der Waals surface area contributed by atoms with Crippen LogP contribution < -0.4 is 21.3 Å². The first-order valence-electron chi connectivity index (χ1n) is 18.5. The van der Waals surface area contributed by atoms with Crippen molar-refractivity contribution in [2.24, 2.45) is 22.7 Å². The molecular formula is C38H59N5O7S. The number of carbonyl (C=O) groups is 5. The number of nitrogens with one attached hydrogen (secondary N) is 4. The summed E-state index contributed by atoms with van der Waals surface area (Å²) in [5.41, 5.74) is -1.79. The van der Waals surface area contributed by atoms with Crippen LogP contribution in [0, 0.1) is 35.0 Å². The lowest BCUT2D eigenvalue weighted by Crippen LogP contribution is -2.64. The third-order valence-corrected chi connectivity index (χ3v) is 15.0. The minimum absolute atomic E-state index is 0.0342. The molecule has 13 heteroatoms. The van der Waals surface area contributed by atoms with Gasteiger partial charge in [0.15, 0.2) is 9.84 Å². The third-order valence-electron chi connectivity index (χ3n) is 12.2. The molecule has 0 bridgehead atoms. The molecule has 5 atom stereocenters. The minimum Gasteiger partial charge on any atom is -0.346 e. The molecule has 1 saturated heterocycles. The molecule has 0 aromatic rings. The van der Waals surface area contributed by atoms with Crippen molar-refractivity contribution < 1.29 is 32.4 Å². The second kappa shape index (κ2) is 15.3. The van der Waals surface area contributed by atoms with E-state index in [1.807, 2.05) is 20.8 Å². The Hall–Kier alpha value is -3.40. The van der Waals surface area contributed by atoms with Crippen LogP contribution >= 0.6 is 0 Å². The van der Waals surface area contributed by atoms with E-state index in [0.717, 1.165) is 32.1 Å². The van der Waals surface area contributed by atoms with Gasteiger partial charge in [-0.1, -0.05) is 59.0 Å². The zero-order chi connectivity index (χ0) is 38.0. The van der Waals surface area contributed by atoms with Crippen LogP contribution in [-0.4, -0.2) is 90.1 Å². The lowest BCUT2D eigenvalue weighted by molar-refractivity contribution is -0.145. The van der Waals surface area contributed by atoms with Crippen LogP contribution in [0.4, 0.5) is 4.79 Å². The van der Waals surface area contributed by atoms with Gasteiger partial charge in [-0.3, -0.25) is 19.2 Å². The van der Waals surface area contributed by atoms with Crippen molar-refractivity contribution in [3.63, 3.8) is 0 Å². The van der Waals surface area contributed by atoms with Gasteiger partial charge in [0.25, 0.3) is 5.91 Å². The largest absolute Gasteiger partial charge is 0.346 e. The van der Waals surface area contributed by atoms with Crippen LogP contribution in [0.5, 0.6) is 0 Å². The molecule has 1 aliphatic heterocycles. The van der Waals surface area contributed by atoms with Crippen LogP contribution in [0.15, 0.2) is 12.7 Å². The molecule has 3 aliphatic carbocycles. The molecule has 51 heavy (non-hydrogen) atoms. The maximum atomic E-state index is 14.8. The number of hydrogen-bond acceptors (Lipinski definition) is 7. The van der Waals surface area contributed by atoms with Gasteiger partial charge in [-0.2, -0.15) is 0 Å². The molecule has 4 N–H and O–H groups in total. The van der Waals surface area contributed by atoms with E-state index < -0.39 is 67.3 Å². The maximum Gasteiger partial charge on any atom is 0.315 e. The Kier molecular flexibility index (Phi) is 12.1. The lowest BCUT2D eigenvalue weighted by atomic mass is 9.79. The number of terminal acetylenes is 1. The van der Waals surface area contributed by atoms with E-state index in [0.29, 0.717) is 32.2 Å². The number of piperidine rings is 1.